The number of hydrogen-bond donors (Lipinski definition) is 2. The molecular formula is C14H12N4O3S. The summed E-state index contributed by atoms with van der Waals surface area (Å²) in [7, 11) is 0. The molecule has 3 aromatic rings. The monoisotopic (exact) mass is 316 g/mol. The molecule has 0 atom stereocenters. The fourth-order valence-electron chi connectivity index (χ4n) is 2.29. The Morgan fingerprint density at radius 2 is 2.23 bits per heavy atom. The number of para-hydroxylation sites is 1. The van der Waals surface area contributed by atoms with Crippen LogP contribution < -0.4 is 5.32 Å². The van der Waals surface area contributed by atoms with Crippen molar-refractivity contribution in [3.8, 4) is 0 Å². The summed E-state index contributed by atoms with van der Waals surface area (Å²) in [5.41, 5.74) is 2.83. The molecule has 1 aromatic carbocycles. The fraction of sp³-hybridized carbons (Fsp3) is 0.143. The maximum Gasteiger partial charge on any atom is 0.345 e. The Bertz CT molecular complexity index is 868. The molecule has 2 aromatic heterocycles. The van der Waals surface area contributed by atoms with Gasteiger partial charge in [0.15, 0.2) is 5.13 Å². The summed E-state index contributed by atoms with van der Waals surface area (Å²) >= 11 is 0.840. The van der Waals surface area contributed by atoms with E-state index in [1.807, 2.05) is 31.2 Å². The molecule has 2 heterocycles. The molecule has 1 amide bonds. The molecule has 2 N–H and O–H groups in total. The molecule has 0 aliphatic rings. The number of fused-ring (bicyclic) bond motifs is 1. The van der Waals surface area contributed by atoms with Crippen LogP contribution in [-0.4, -0.2) is 20.8 Å². The number of hydrogen-bond acceptors (Lipinski definition) is 5. The minimum Gasteiger partial charge on any atom is -0.358 e. The highest BCUT2D eigenvalue weighted by Crippen LogP contribution is 2.26. The van der Waals surface area contributed by atoms with E-state index in [2.05, 4.69) is 15.3 Å². The van der Waals surface area contributed by atoms with Crippen molar-refractivity contribution in [3.63, 3.8) is 0 Å². The maximum atomic E-state index is 12.1. The quantitative estimate of drug-likeness (QED) is 0.570. The van der Waals surface area contributed by atoms with Crippen LogP contribution in [0.4, 0.5) is 10.1 Å². The first-order valence-electron chi connectivity index (χ1n) is 6.51. The van der Waals surface area contributed by atoms with Crippen molar-refractivity contribution in [1.82, 2.24) is 9.97 Å². The number of rotatable bonds is 4. The third kappa shape index (κ3) is 2.68. The summed E-state index contributed by atoms with van der Waals surface area (Å²) in [6, 6.07) is 7.75. The van der Waals surface area contributed by atoms with Crippen molar-refractivity contribution in [2.75, 3.05) is 5.32 Å². The van der Waals surface area contributed by atoms with Crippen molar-refractivity contribution >= 4 is 38.3 Å². The topological polar surface area (TPSA) is 101 Å². The number of aromatic nitrogens is 2. The lowest BCUT2D eigenvalue weighted by Crippen LogP contribution is -2.14. The average molecular weight is 316 g/mol. The number of nitro groups is 1. The number of H-pyrrole nitrogens is 1. The lowest BCUT2D eigenvalue weighted by Gasteiger charge is -2.02. The van der Waals surface area contributed by atoms with Gasteiger partial charge in [-0.05, 0) is 29.9 Å². The number of aromatic amines is 1. The van der Waals surface area contributed by atoms with Gasteiger partial charge in [-0.25, -0.2) is 4.98 Å². The van der Waals surface area contributed by atoms with Gasteiger partial charge in [-0.2, -0.15) is 0 Å². The zero-order valence-corrected chi connectivity index (χ0v) is 12.4. The van der Waals surface area contributed by atoms with Crippen molar-refractivity contribution < 1.29 is 9.72 Å². The maximum absolute atomic E-state index is 12.1. The van der Waals surface area contributed by atoms with E-state index in [0.717, 1.165) is 39.7 Å². The summed E-state index contributed by atoms with van der Waals surface area (Å²) < 4.78 is 0. The molecule has 0 saturated heterocycles. The van der Waals surface area contributed by atoms with E-state index in [0.29, 0.717) is 0 Å². The SMILES string of the molecule is Cc1[nH]c2ccccc2c1CC(=O)Nc1ncc([N+](=O)[O-])s1. The molecule has 0 spiro atoms. The Morgan fingerprint density at radius 1 is 1.45 bits per heavy atom. The minimum absolute atomic E-state index is 0.0985. The third-order valence-electron chi connectivity index (χ3n) is 3.28. The van der Waals surface area contributed by atoms with E-state index in [1.54, 1.807) is 0 Å². The molecule has 22 heavy (non-hydrogen) atoms. The number of carbonyl (C=O) groups is 1. The summed E-state index contributed by atoms with van der Waals surface area (Å²) in [5.74, 6) is -0.253. The highest BCUT2D eigenvalue weighted by Gasteiger charge is 2.16. The van der Waals surface area contributed by atoms with Crippen LogP contribution in [0.15, 0.2) is 30.5 Å². The molecule has 0 aliphatic carbocycles. The second kappa shape index (κ2) is 5.57. The van der Waals surface area contributed by atoms with Crippen molar-refractivity contribution in [1.29, 1.82) is 0 Å². The number of nitrogens with one attached hydrogen (secondary N) is 2. The lowest BCUT2D eigenvalue weighted by molar-refractivity contribution is -0.380. The highest BCUT2D eigenvalue weighted by atomic mass is 32.1. The summed E-state index contributed by atoms with van der Waals surface area (Å²) in [6.45, 7) is 1.91. The molecule has 112 valence electrons. The first-order chi connectivity index (χ1) is 10.5. The van der Waals surface area contributed by atoms with Gasteiger partial charge in [-0.1, -0.05) is 18.2 Å². The van der Waals surface area contributed by atoms with E-state index in [4.69, 9.17) is 0 Å². The van der Waals surface area contributed by atoms with Crippen molar-refractivity contribution in [2.45, 2.75) is 13.3 Å². The number of benzene rings is 1. The van der Waals surface area contributed by atoms with Crippen LogP contribution in [0.1, 0.15) is 11.3 Å². The Balaban J connectivity index is 1.78. The molecule has 0 unspecified atom stereocenters. The van der Waals surface area contributed by atoms with Gasteiger partial charge in [-0.3, -0.25) is 14.9 Å². The third-order valence-corrected chi connectivity index (χ3v) is 4.15. The van der Waals surface area contributed by atoms with Gasteiger partial charge in [0.1, 0.15) is 6.20 Å². The average Bonchev–Trinajstić information content (AvgIpc) is 3.05. The Labute approximate surface area is 129 Å². The highest BCUT2D eigenvalue weighted by molar-refractivity contribution is 7.18. The van der Waals surface area contributed by atoms with Gasteiger partial charge in [-0.15, -0.1) is 0 Å². The zero-order valence-electron chi connectivity index (χ0n) is 11.6. The summed E-state index contributed by atoms with van der Waals surface area (Å²) in [5, 5.41) is 14.3. The fourth-order valence-corrected chi connectivity index (χ4v) is 2.94. The van der Waals surface area contributed by atoms with Gasteiger partial charge in [0.25, 0.3) is 0 Å². The standard InChI is InChI=1S/C14H12N4O3S/c1-8-10(9-4-2-3-5-11(9)16-8)6-12(19)17-14-15-7-13(22-14)18(20)21/h2-5,7,16H,6H2,1H3,(H,15,17,19). The molecule has 0 fully saturated rings. The first kappa shape index (κ1) is 14.2. The molecule has 0 bridgehead atoms. The minimum atomic E-state index is -0.531. The van der Waals surface area contributed by atoms with Crippen LogP contribution in [0.3, 0.4) is 0 Å². The lowest BCUT2D eigenvalue weighted by atomic mass is 10.1. The largest absolute Gasteiger partial charge is 0.358 e. The molecule has 3 rings (SSSR count). The normalized spacial score (nSPS) is 10.8. The van der Waals surface area contributed by atoms with Gasteiger partial charge >= 0.3 is 5.00 Å². The summed E-state index contributed by atoms with van der Waals surface area (Å²) in [4.78, 5) is 29.3. The second-order valence-electron chi connectivity index (χ2n) is 4.76. The van der Waals surface area contributed by atoms with Crippen LogP contribution >= 0.6 is 11.3 Å². The molecule has 0 aliphatic heterocycles. The van der Waals surface area contributed by atoms with Gasteiger partial charge < -0.3 is 10.3 Å². The van der Waals surface area contributed by atoms with Crippen LogP contribution in [-0.2, 0) is 11.2 Å². The van der Waals surface area contributed by atoms with Crippen LogP contribution in [0.2, 0.25) is 0 Å². The molecule has 8 heteroatoms. The number of carbonyl (C=O) groups excluding carboxylic acids is 1. The smallest absolute Gasteiger partial charge is 0.345 e. The number of thiazole rings is 1. The van der Waals surface area contributed by atoms with Gasteiger partial charge in [0.2, 0.25) is 5.91 Å². The van der Waals surface area contributed by atoms with Crippen molar-refractivity contribution in [3.05, 3.63) is 51.8 Å². The number of aryl methyl sites for hydroxylation is 1. The van der Waals surface area contributed by atoms with Crippen LogP contribution in [0.5, 0.6) is 0 Å². The molecule has 0 saturated carbocycles. The predicted octanol–water partition coefficient (Wildman–Crippen LogP) is 3.02. The molecule has 0 radical (unpaired) electrons. The first-order valence-corrected chi connectivity index (χ1v) is 7.32. The molecule has 7 nitrogen and oxygen atoms in total. The van der Waals surface area contributed by atoms with E-state index in [1.165, 1.54) is 0 Å². The Morgan fingerprint density at radius 3 is 2.95 bits per heavy atom. The number of nitrogens with zero attached hydrogens (tertiary/aromatic N) is 2. The predicted molar refractivity (Wildman–Crippen MR) is 84.1 cm³/mol. The van der Waals surface area contributed by atoms with Gasteiger partial charge in [0, 0.05) is 16.6 Å². The number of amides is 1. The Kier molecular flexibility index (Phi) is 3.60. The van der Waals surface area contributed by atoms with E-state index in [-0.39, 0.29) is 22.5 Å². The van der Waals surface area contributed by atoms with Crippen molar-refractivity contribution in [2.24, 2.45) is 0 Å². The van der Waals surface area contributed by atoms with Crippen LogP contribution in [0.25, 0.3) is 10.9 Å². The summed E-state index contributed by atoms with van der Waals surface area (Å²) in [6.07, 6.45) is 1.32. The van der Waals surface area contributed by atoms with Crippen LogP contribution in [0, 0.1) is 17.0 Å². The molecular weight excluding hydrogens is 304 g/mol. The van der Waals surface area contributed by atoms with E-state index >= 15 is 0 Å². The Hall–Kier alpha value is -2.74. The second-order valence-corrected chi connectivity index (χ2v) is 5.77. The van der Waals surface area contributed by atoms with Gasteiger partial charge in [0.05, 0.1) is 11.3 Å². The van der Waals surface area contributed by atoms with E-state index in [9.17, 15) is 14.9 Å². The number of anilines is 1. The van der Waals surface area contributed by atoms with E-state index < -0.39 is 4.92 Å². The zero-order chi connectivity index (χ0) is 15.7.